The van der Waals surface area contributed by atoms with Crippen molar-refractivity contribution in [3.05, 3.63) is 90.6 Å². The number of pyridine rings is 1. The van der Waals surface area contributed by atoms with Gasteiger partial charge in [0.15, 0.2) is 0 Å². The molecule has 3 aromatic rings. The van der Waals surface area contributed by atoms with Crippen LogP contribution in [0, 0.1) is 0 Å². The summed E-state index contributed by atoms with van der Waals surface area (Å²) in [5.41, 5.74) is 8.05. The molecule has 1 saturated heterocycles. The van der Waals surface area contributed by atoms with Crippen LogP contribution in [0.1, 0.15) is 18.2 Å². The highest BCUT2D eigenvalue weighted by Crippen LogP contribution is 2.28. The van der Waals surface area contributed by atoms with Gasteiger partial charge in [-0.25, -0.2) is 0 Å². The van der Waals surface area contributed by atoms with Gasteiger partial charge in [-0.3, -0.25) is 15.0 Å². The topological polar surface area (TPSA) is 63.3 Å². The third-order valence-corrected chi connectivity index (χ3v) is 6.69. The lowest BCUT2D eigenvalue weighted by Crippen LogP contribution is -2.43. The minimum absolute atomic E-state index is 0.739. The van der Waals surface area contributed by atoms with Gasteiger partial charge in [-0.05, 0) is 69.0 Å². The van der Waals surface area contributed by atoms with Gasteiger partial charge in [-0.2, -0.15) is 5.10 Å². The van der Waals surface area contributed by atoms with Crippen LogP contribution < -0.4 is 5.32 Å². The Balaban J connectivity index is 1.54. The number of benzene rings is 1. The Bertz CT molecular complexity index is 1310. The van der Waals surface area contributed by atoms with E-state index in [0.29, 0.717) is 0 Å². The molecule has 0 radical (unpaired) electrons. The van der Waals surface area contributed by atoms with Crippen molar-refractivity contribution < 1.29 is 0 Å². The third kappa shape index (κ3) is 6.83. The van der Waals surface area contributed by atoms with Gasteiger partial charge < -0.3 is 15.1 Å². The first-order valence-corrected chi connectivity index (χ1v) is 12.8. The number of nitrogens with zero attached hydrogens (tertiary/aromatic N) is 5. The van der Waals surface area contributed by atoms with Gasteiger partial charge >= 0.3 is 0 Å². The van der Waals surface area contributed by atoms with Crippen LogP contribution in [0.2, 0.25) is 0 Å². The summed E-state index contributed by atoms with van der Waals surface area (Å²) < 4.78 is 0. The Kier molecular flexibility index (Phi) is 8.71. The number of piperazine rings is 1. The highest BCUT2D eigenvalue weighted by Gasteiger charge is 2.15. The van der Waals surface area contributed by atoms with Crippen molar-refractivity contribution in [3.63, 3.8) is 0 Å². The number of hydrogen-bond acceptors (Lipinski definition) is 6. The first kappa shape index (κ1) is 26.5. The van der Waals surface area contributed by atoms with E-state index < -0.39 is 0 Å². The number of fused-ring (bicyclic) bond motifs is 1. The number of aromatic amines is 1. The van der Waals surface area contributed by atoms with Gasteiger partial charge in [0.05, 0.1) is 11.2 Å². The van der Waals surface area contributed by atoms with Crippen LogP contribution in [-0.2, 0) is 6.54 Å². The minimum atomic E-state index is 0.739. The summed E-state index contributed by atoms with van der Waals surface area (Å²) in [6.45, 7) is 16.4. The van der Waals surface area contributed by atoms with E-state index in [0.717, 1.165) is 84.0 Å². The zero-order valence-electron chi connectivity index (χ0n) is 22.6. The summed E-state index contributed by atoms with van der Waals surface area (Å²) in [4.78, 5) is 11.6. The normalized spacial score (nSPS) is 15.9. The van der Waals surface area contributed by atoms with Crippen LogP contribution in [0.15, 0.2) is 79.3 Å². The summed E-state index contributed by atoms with van der Waals surface area (Å²) in [7, 11) is 6.28. The average Bonchev–Trinajstić information content (AvgIpc) is 3.32. The standard InChI is InChI=1S/C30H39N7/c1-7-23(20-35(4)5)16-27(8-2)32-22(3)30-28-17-25(9-10-29(28)33-34-30)26-15-24(18-31-19-26)21-37-13-11-36(6)12-14-37/h7-10,15-19,32H,1,3,11-14,20-21H2,2,4-6H3,(H,33,34)/b23-16+,27-8+. The quantitative estimate of drug-likeness (QED) is 0.402. The predicted molar refractivity (Wildman–Crippen MR) is 155 cm³/mol. The second-order valence-electron chi connectivity index (χ2n) is 10.0. The summed E-state index contributed by atoms with van der Waals surface area (Å²) in [5.74, 6) is 0. The number of likely N-dealkylation sites (N-methyl/N-ethyl adjacent to an activating group) is 2. The molecule has 1 aromatic carbocycles. The van der Waals surface area contributed by atoms with Crippen LogP contribution in [0.3, 0.4) is 0 Å². The highest BCUT2D eigenvalue weighted by molar-refractivity contribution is 5.92. The molecule has 4 rings (SSSR count). The maximum absolute atomic E-state index is 4.58. The number of aromatic nitrogens is 3. The maximum atomic E-state index is 4.58. The summed E-state index contributed by atoms with van der Waals surface area (Å²) in [6, 6.07) is 8.62. The van der Waals surface area contributed by atoms with E-state index in [1.807, 2.05) is 45.6 Å². The van der Waals surface area contributed by atoms with Gasteiger partial charge in [-0.15, -0.1) is 0 Å². The molecule has 1 aliphatic heterocycles. The van der Waals surface area contributed by atoms with Crippen molar-refractivity contribution in [3.8, 4) is 11.1 Å². The van der Waals surface area contributed by atoms with Crippen LogP contribution in [-0.4, -0.2) is 83.7 Å². The first-order valence-electron chi connectivity index (χ1n) is 12.8. The highest BCUT2D eigenvalue weighted by atomic mass is 15.2. The number of nitrogens with one attached hydrogen (secondary N) is 2. The molecule has 1 fully saturated rings. The molecule has 0 aliphatic carbocycles. The van der Waals surface area contributed by atoms with E-state index in [1.54, 1.807) is 0 Å². The second kappa shape index (κ2) is 12.1. The second-order valence-corrected chi connectivity index (χ2v) is 10.0. The molecule has 0 saturated carbocycles. The fourth-order valence-corrected chi connectivity index (χ4v) is 4.58. The van der Waals surface area contributed by atoms with Crippen molar-refractivity contribution in [2.45, 2.75) is 13.5 Å². The van der Waals surface area contributed by atoms with Gasteiger partial charge in [0.1, 0.15) is 5.69 Å². The molecule has 0 amide bonds. The molecule has 2 aromatic heterocycles. The maximum Gasteiger partial charge on any atom is 0.116 e. The lowest BCUT2D eigenvalue weighted by Gasteiger charge is -2.32. The molecule has 1 aliphatic rings. The molecule has 37 heavy (non-hydrogen) atoms. The Morgan fingerprint density at radius 1 is 1.14 bits per heavy atom. The van der Waals surface area contributed by atoms with Crippen molar-refractivity contribution in [2.75, 3.05) is 53.9 Å². The molecular formula is C30H39N7. The Labute approximate surface area is 220 Å². The zero-order valence-corrected chi connectivity index (χ0v) is 22.6. The van der Waals surface area contributed by atoms with Crippen LogP contribution in [0.4, 0.5) is 0 Å². The minimum Gasteiger partial charge on any atom is -0.354 e. The van der Waals surface area contributed by atoms with E-state index >= 15 is 0 Å². The van der Waals surface area contributed by atoms with Crippen LogP contribution in [0.25, 0.3) is 27.7 Å². The van der Waals surface area contributed by atoms with Crippen molar-refractivity contribution >= 4 is 16.6 Å². The van der Waals surface area contributed by atoms with Crippen molar-refractivity contribution in [1.82, 2.24) is 35.2 Å². The van der Waals surface area contributed by atoms with Crippen LogP contribution in [0.5, 0.6) is 0 Å². The Morgan fingerprint density at radius 2 is 1.92 bits per heavy atom. The first-order chi connectivity index (χ1) is 17.9. The molecular weight excluding hydrogens is 458 g/mol. The van der Waals surface area contributed by atoms with Crippen molar-refractivity contribution in [1.29, 1.82) is 0 Å². The summed E-state index contributed by atoms with van der Waals surface area (Å²) in [6.07, 6.45) is 9.93. The zero-order chi connectivity index (χ0) is 26.4. The van der Waals surface area contributed by atoms with E-state index in [-0.39, 0.29) is 0 Å². The Hall–Kier alpha value is -3.52. The smallest absolute Gasteiger partial charge is 0.116 e. The summed E-state index contributed by atoms with van der Waals surface area (Å²) in [5, 5.41) is 12.2. The largest absolute Gasteiger partial charge is 0.354 e. The number of allylic oxidation sites excluding steroid dienone is 2. The lowest BCUT2D eigenvalue weighted by molar-refractivity contribution is 0.148. The van der Waals surface area contributed by atoms with E-state index in [2.05, 4.69) is 85.7 Å². The third-order valence-electron chi connectivity index (χ3n) is 6.69. The summed E-state index contributed by atoms with van der Waals surface area (Å²) >= 11 is 0. The average molecular weight is 498 g/mol. The van der Waals surface area contributed by atoms with E-state index in [4.69, 9.17) is 0 Å². The number of H-pyrrole nitrogens is 1. The molecule has 0 atom stereocenters. The molecule has 0 spiro atoms. The Morgan fingerprint density at radius 3 is 2.62 bits per heavy atom. The van der Waals surface area contributed by atoms with Gasteiger partial charge in [0, 0.05) is 68.3 Å². The molecule has 2 N–H and O–H groups in total. The lowest BCUT2D eigenvalue weighted by atomic mass is 10.0. The predicted octanol–water partition coefficient (Wildman–Crippen LogP) is 4.51. The number of hydrogen-bond donors (Lipinski definition) is 2. The molecule has 7 nitrogen and oxygen atoms in total. The molecule has 3 heterocycles. The SMILES string of the molecule is C=C/C(=C\C(=C/C)NC(=C)c1n[nH]c2ccc(-c3cncc(CN4CCN(C)CC4)c3)cc12)CN(C)C. The van der Waals surface area contributed by atoms with Gasteiger partial charge in [-0.1, -0.05) is 31.4 Å². The van der Waals surface area contributed by atoms with Gasteiger partial charge in [0.25, 0.3) is 0 Å². The molecule has 7 heteroatoms. The van der Waals surface area contributed by atoms with Gasteiger partial charge in [0.2, 0.25) is 0 Å². The fraction of sp³-hybridized carbons (Fsp3) is 0.333. The molecule has 194 valence electrons. The molecule has 0 unspecified atom stereocenters. The van der Waals surface area contributed by atoms with E-state index in [1.165, 1.54) is 5.56 Å². The monoisotopic (exact) mass is 497 g/mol. The molecule has 0 bridgehead atoms. The fourth-order valence-electron chi connectivity index (χ4n) is 4.58. The van der Waals surface area contributed by atoms with E-state index in [9.17, 15) is 0 Å². The number of rotatable bonds is 10. The van der Waals surface area contributed by atoms with Crippen LogP contribution >= 0.6 is 0 Å². The van der Waals surface area contributed by atoms with Crippen molar-refractivity contribution in [2.24, 2.45) is 0 Å².